The molecule has 0 unspecified atom stereocenters. The van der Waals surface area contributed by atoms with Gasteiger partial charge in [0.2, 0.25) is 0 Å². The van der Waals surface area contributed by atoms with Crippen LogP contribution in [0.5, 0.6) is 0 Å². The number of carbonyl (C=O) groups is 1. The van der Waals surface area contributed by atoms with Gasteiger partial charge in [0.15, 0.2) is 0 Å². The molecule has 5 aromatic rings. The summed E-state index contributed by atoms with van der Waals surface area (Å²) in [6.07, 6.45) is 3.86. The highest BCUT2D eigenvalue weighted by atomic mass is 35.5. The maximum Gasteiger partial charge on any atom is 0.254 e. The number of fused-ring (bicyclic) bond motifs is 2. The van der Waals surface area contributed by atoms with Crippen molar-refractivity contribution >= 4 is 34.8 Å². The monoisotopic (exact) mass is 508 g/mol. The van der Waals surface area contributed by atoms with Crippen LogP contribution < -0.4 is 4.90 Å². The summed E-state index contributed by atoms with van der Waals surface area (Å²) in [4.78, 5) is 22.6. The summed E-state index contributed by atoms with van der Waals surface area (Å²) in [6.45, 7) is 3.53. The Hall–Kier alpha value is -4.09. The molecule has 0 spiro atoms. The first-order valence-corrected chi connectivity index (χ1v) is 12.4. The number of para-hydroxylation sites is 1. The molecule has 0 atom stereocenters. The van der Waals surface area contributed by atoms with Crippen molar-refractivity contribution in [1.29, 1.82) is 0 Å². The van der Waals surface area contributed by atoms with Crippen LogP contribution in [-0.2, 0) is 19.6 Å². The van der Waals surface area contributed by atoms with Gasteiger partial charge in [0.1, 0.15) is 0 Å². The Morgan fingerprint density at radius 3 is 2.43 bits per heavy atom. The van der Waals surface area contributed by atoms with Crippen LogP contribution in [0.4, 0.5) is 5.69 Å². The molecule has 5 nitrogen and oxygen atoms in total. The number of anilines is 1. The van der Waals surface area contributed by atoms with Crippen LogP contribution in [0.3, 0.4) is 0 Å². The summed E-state index contributed by atoms with van der Waals surface area (Å²) in [7, 11) is 0. The molecule has 37 heavy (non-hydrogen) atoms. The first-order chi connectivity index (χ1) is 17.8. The maximum atomic E-state index is 13.8. The first kappa shape index (κ1) is 24.6. The minimum absolute atomic E-state index is 0. The molecule has 0 radical (unpaired) electrons. The van der Waals surface area contributed by atoms with Crippen LogP contribution in [0.2, 0.25) is 0 Å². The molecule has 6 rings (SSSR count). The molecule has 0 saturated carbocycles. The van der Waals surface area contributed by atoms with Crippen LogP contribution in [0, 0.1) is 0 Å². The van der Waals surface area contributed by atoms with E-state index in [1.807, 2.05) is 53.8 Å². The van der Waals surface area contributed by atoms with Gasteiger partial charge in [0, 0.05) is 43.6 Å². The molecule has 1 aliphatic rings. The minimum atomic E-state index is 0. The molecule has 4 aromatic carbocycles. The molecule has 0 fully saturated rings. The number of nitrogens with zero attached hydrogens (tertiary/aromatic N) is 4. The molecule has 2 heterocycles. The summed E-state index contributed by atoms with van der Waals surface area (Å²) < 4.78 is 2.21. The number of amides is 1. The molecule has 6 heteroatoms. The third-order valence-electron chi connectivity index (χ3n) is 6.99. The molecule has 1 amide bonds. The van der Waals surface area contributed by atoms with Crippen LogP contribution in [-0.4, -0.2) is 33.4 Å². The lowest BCUT2D eigenvalue weighted by molar-refractivity contribution is 0.0753. The van der Waals surface area contributed by atoms with E-state index in [-0.39, 0.29) is 18.3 Å². The summed E-state index contributed by atoms with van der Waals surface area (Å²) in [5.74, 6) is 0.0811. The van der Waals surface area contributed by atoms with Crippen LogP contribution in [0.25, 0.3) is 10.8 Å². The SMILES string of the molecule is Cl.O=C(c1cccc2ccccc12)N1CCN(Cc2cncn2Cc2ccccc2)c2ccccc2C1. The second kappa shape index (κ2) is 10.9. The normalized spacial score (nSPS) is 13.1. The molecule has 0 aliphatic carbocycles. The Balaban J connectivity index is 0.00000280. The fourth-order valence-corrected chi connectivity index (χ4v) is 5.12. The maximum absolute atomic E-state index is 13.8. The minimum Gasteiger partial charge on any atom is -0.364 e. The van der Waals surface area contributed by atoms with E-state index in [1.165, 1.54) is 11.3 Å². The van der Waals surface area contributed by atoms with E-state index >= 15 is 0 Å². The number of rotatable bonds is 5. The average molecular weight is 509 g/mol. The molecular formula is C31H29ClN4O. The Bertz CT molecular complexity index is 1510. The fraction of sp³-hybridized carbons (Fsp3) is 0.161. The van der Waals surface area contributed by atoms with Crippen LogP contribution >= 0.6 is 12.4 Å². The highest BCUT2D eigenvalue weighted by Crippen LogP contribution is 2.28. The van der Waals surface area contributed by atoms with Gasteiger partial charge in [-0.3, -0.25) is 4.79 Å². The predicted molar refractivity (Wildman–Crippen MR) is 151 cm³/mol. The first-order valence-electron chi connectivity index (χ1n) is 12.4. The van der Waals surface area contributed by atoms with Crippen molar-refractivity contribution in [1.82, 2.24) is 14.5 Å². The van der Waals surface area contributed by atoms with Gasteiger partial charge < -0.3 is 14.4 Å². The molecular weight excluding hydrogens is 480 g/mol. The van der Waals surface area contributed by atoms with Crippen LogP contribution in [0.15, 0.2) is 110 Å². The lowest BCUT2D eigenvalue weighted by Crippen LogP contribution is -2.35. The van der Waals surface area contributed by atoms with E-state index in [0.717, 1.165) is 47.2 Å². The summed E-state index contributed by atoms with van der Waals surface area (Å²) in [5, 5.41) is 2.09. The number of carbonyl (C=O) groups excluding carboxylic acids is 1. The van der Waals surface area contributed by atoms with Gasteiger partial charge in [-0.1, -0.05) is 84.9 Å². The number of hydrogen-bond acceptors (Lipinski definition) is 3. The van der Waals surface area contributed by atoms with E-state index in [9.17, 15) is 4.79 Å². The molecule has 1 aliphatic heterocycles. The lowest BCUT2D eigenvalue weighted by Gasteiger charge is -2.25. The molecule has 0 saturated heterocycles. The molecule has 0 N–H and O–H groups in total. The number of imidazole rings is 1. The third kappa shape index (κ3) is 5.09. The average Bonchev–Trinajstić information content (AvgIpc) is 3.27. The van der Waals surface area contributed by atoms with Crippen molar-refractivity contribution in [2.75, 3.05) is 18.0 Å². The van der Waals surface area contributed by atoms with Crippen molar-refractivity contribution in [3.05, 3.63) is 132 Å². The number of benzene rings is 4. The van der Waals surface area contributed by atoms with Gasteiger partial charge in [0.05, 0.1) is 18.6 Å². The van der Waals surface area contributed by atoms with Gasteiger partial charge in [0.25, 0.3) is 5.91 Å². The van der Waals surface area contributed by atoms with Crippen molar-refractivity contribution in [2.45, 2.75) is 19.6 Å². The Morgan fingerprint density at radius 2 is 1.54 bits per heavy atom. The zero-order valence-electron chi connectivity index (χ0n) is 20.5. The van der Waals surface area contributed by atoms with Gasteiger partial charge in [-0.2, -0.15) is 0 Å². The fourth-order valence-electron chi connectivity index (χ4n) is 5.12. The Morgan fingerprint density at radius 1 is 0.784 bits per heavy atom. The Labute approximate surface area is 223 Å². The van der Waals surface area contributed by atoms with E-state index < -0.39 is 0 Å². The van der Waals surface area contributed by atoms with Crippen molar-refractivity contribution in [3.8, 4) is 0 Å². The van der Waals surface area contributed by atoms with Gasteiger partial charge in [-0.05, 0) is 34.0 Å². The number of halogens is 1. The van der Waals surface area contributed by atoms with E-state index in [4.69, 9.17) is 0 Å². The largest absolute Gasteiger partial charge is 0.364 e. The number of hydrogen-bond donors (Lipinski definition) is 0. The molecule has 186 valence electrons. The second-order valence-electron chi connectivity index (χ2n) is 9.30. The van der Waals surface area contributed by atoms with E-state index in [0.29, 0.717) is 13.1 Å². The highest BCUT2D eigenvalue weighted by Gasteiger charge is 2.25. The molecule has 1 aromatic heterocycles. The predicted octanol–water partition coefficient (Wildman–Crippen LogP) is 6.17. The highest BCUT2D eigenvalue weighted by molar-refractivity contribution is 6.07. The Kier molecular flexibility index (Phi) is 7.24. The zero-order valence-corrected chi connectivity index (χ0v) is 21.3. The quantitative estimate of drug-likeness (QED) is 0.285. The number of aromatic nitrogens is 2. The summed E-state index contributed by atoms with van der Waals surface area (Å²) >= 11 is 0. The topological polar surface area (TPSA) is 41.4 Å². The second-order valence-corrected chi connectivity index (χ2v) is 9.30. The van der Waals surface area contributed by atoms with Crippen molar-refractivity contribution < 1.29 is 4.79 Å². The zero-order chi connectivity index (χ0) is 24.3. The van der Waals surface area contributed by atoms with E-state index in [1.54, 1.807) is 0 Å². The van der Waals surface area contributed by atoms with Gasteiger partial charge in [-0.25, -0.2) is 4.98 Å². The van der Waals surface area contributed by atoms with Crippen molar-refractivity contribution in [3.63, 3.8) is 0 Å². The van der Waals surface area contributed by atoms with E-state index in [2.05, 4.69) is 75.1 Å². The lowest BCUT2D eigenvalue weighted by atomic mass is 10.0. The van der Waals surface area contributed by atoms with Gasteiger partial charge in [-0.15, -0.1) is 12.4 Å². The molecule has 0 bridgehead atoms. The summed E-state index contributed by atoms with van der Waals surface area (Å²) in [6, 6.07) is 33.0. The third-order valence-corrected chi connectivity index (χ3v) is 6.99. The van der Waals surface area contributed by atoms with Crippen LogP contribution in [0.1, 0.15) is 27.2 Å². The van der Waals surface area contributed by atoms with Crippen molar-refractivity contribution in [2.24, 2.45) is 0 Å². The smallest absolute Gasteiger partial charge is 0.254 e. The standard InChI is InChI=1S/C31H28N4O.ClH/c36-31(29-15-8-13-25-11-4-6-14-28(25)29)34-18-17-33(30-16-7-5-12-26(30)21-34)22-27-19-32-23-35(27)20-24-9-2-1-3-10-24;/h1-16,19,23H,17-18,20-22H2;1H. The summed E-state index contributed by atoms with van der Waals surface area (Å²) in [5.41, 5.74) is 5.51. The van der Waals surface area contributed by atoms with Gasteiger partial charge >= 0.3 is 0 Å².